The van der Waals surface area contributed by atoms with Crippen molar-refractivity contribution in [3.05, 3.63) is 15.8 Å². The van der Waals surface area contributed by atoms with Crippen LogP contribution in [0.5, 0.6) is 0 Å². The van der Waals surface area contributed by atoms with Crippen molar-refractivity contribution < 1.29 is 8.42 Å². The second-order valence-electron chi connectivity index (χ2n) is 4.74. The third kappa shape index (κ3) is 3.95. The van der Waals surface area contributed by atoms with Crippen LogP contribution in [0.4, 0.5) is 0 Å². The zero-order valence-electron chi connectivity index (χ0n) is 11.0. The van der Waals surface area contributed by atoms with Gasteiger partial charge in [0.1, 0.15) is 0 Å². The molecule has 4 nitrogen and oxygen atoms in total. The molecular weight excluding hydrogens is 300 g/mol. The molecule has 0 unspecified atom stereocenters. The summed E-state index contributed by atoms with van der Waals surface area (Å²) >= 11 is 3.40. The number of sulfonamides is 1. The summed E-state index contributed by atoms with van der Waals surface area (Å²) in [5.41, 5.74) is 5.56. The Morgan fingerprint density at radius 2 is 2.11 bits per heavy atom. The molecule has 1 aromatic rings. The molecule has 1 aromatic heterocycles. The Labute approximate surface area is 123 Å². The van der Waals surface area contributed by atoms with Crippen LogP contribution < -0.4 is 10.5 Å². The standard InChI is InChI=1S/C12H20N2O2S3/c1-9-12(6-11(7-13)18-9)19(15,16)14-8-10-2-4-17-5-3-10/h6,10,14H,2-5,7-8,13H2,1H3. The Hall–Kier alpha value is -0.0800. The van der Waals surface area contributed by atoms with E-state index in [0.29, 0.717) is 23.9 Å². The van der Waals surface area contributed by atoms with Gasteiger partial charge < -0.3 is 5.73 Å². The highest BCUT2D eigenvalue weighted by atomic mass is 32.2. The smallest absolute Gasteiger partial charge is 0.241 e. The van der Waals surface area contributed by atoms with Crippen molar-refractivity contribution in [3.8, 4) is 0 Å². The molecule has 0 spiro atoms. The van der Waals surface area contributed by atoms with Crippen LogP contribution in [0.3, 0.4) is 0 Å². The number of hydrogen-bond acceptors (Lipinski definition) is 5. The second-order valence-corrected chi connectivity index (χ2v) is 9.05. The average molecular weight is 321 g/mol. The number of thiophene rings is 1. The van der Waals surface area contributed by atoms with Crippen molar-refractivity contribution in [1.29, 1.82) is 0 Å². The quantitative estimate of drug-likeness (QED) is 0.869. The maximum atomic E-state index is 12.3. The first kappa shape index (κ1) is 15.3. The Morgan fingerprint density at radius 1 is 1.42 bits per heavy atom. The van der Waals surface area contributed by atoms with E-state index in [1.54, 1.807) is 6.07 Å². The summed E-state index contributed by atoms with van der Waals surface area (Å²) in [6, 6.07) is 1.69. The minimum absolute atomic E-state index is 0.390. The Kier molecular flexibility index (Phi) is 5.30. The third-order valence-electron chi connectivity index (χ3n) is 3.32. The molecule has 1 aliphatic heterocycles. The monoisotopic (exact) mass is 320 g/mol. The minimum Gasteiger partial charge on any atom is -0.326 e. The van der Waals surface area contributed by atoms with E-state index in [1.807, 2.05) is 18.7 Å². The molecule has 0 saturated carbocycles. The highest BCUT2D eigenvalue weighted by Crippen LogP contribution is 2.26. The van der Waals surface area contributed by atoms with Crippen molar-refractivity contribution in [3.63, 3.8) is 0 Å². The Bertz CT molecular complexity index is 519. The first-order valence-corrected chi connectivity index (χ1v) is 9.85. The lowest BCUT2D eigenvalue weighted by Crippen LogP contribution is -2.31. The Balaban J connectivity index is 2.02. The highest BCUT2D eigenvalue weighted by Gasteiger charge is 2.22. The van der Waals surface area contributed by atoms with Crippen LogP contribution in [0.25, 0.3) is 0 Å². The number of nitrogens with one attached hydrogen (secondary N) is 1. The summed E-state index contributed by atoms with van der Waals surface area (Å²) in [5, 5.41) is 0. The number of nitrogens with two attached hydrogens (primary N) is 1. The zero-order chi connectivity index (χ0) is 13.9. The molecule has 0 atom stereocenters. The van der Waals surface area contributed by atoms with Gasteiger partial charge in [-0.25, -0.2) is 13.1 Å². The van der Waals surface area contributed by atoms with Gasteiger partial charge in [0.05, 0.1) is 4.90 Å². The predicted molar refractivity (Wildman–Crippen MR) is 82.2 cm³/mol. The third-order valence-corrected chi connectivity index (χ3v) is 7.12. The number of aryl methyl sites for hydroxylation is 1. The first-order valence-electron chi connectivity index (χ1n) is 6.39. The van der Waals surface area contributed by atoms with Gasteiger partial charge in [-0.05, 0) is 43.3 Å². The van der Waals surface area contributed by atoms with Gasteiger partial charge in [-0.2, -0.15) is 11.8 Å². The van der Waals surface area contributed by atoms with Crippen LogP contribution in [0, 0.1) is 12.8 Å². The Morgan fingerprint density at radius 3 is 2.68 bits per heavy atom. The van der Waals surface area contributed by atoms with Crippen LogP contribution in [-0.4, -0.2) is 26.5 Å². The second kappa shape index (κ2) is 6.58. The van der Waals surface area contributed by atoms with Crippen molar-refractivity contribution in [2.45, 2.75) is 31.2 Å². The predicted octanol–water partition coefficient (Wildman–Crippen LogP) is 1.94. The maximum absolute atomic E-state index is 12.3. The number of rotatable bonds is 5. The van der Waals surface area contributed by atoms with Crippen molar-refractivity contribution in [2.24, 2.45) is 11.7 Å². The molecule has 19 heavy (non-hydrogen) atoms. The van der Waals surface area contributed by atoms with Gasteiger partial charge in [0, 0.05) is 22.8 Å². The topological polar surface area (TPSA) is 72.2 Å². The fourth-order valence-electron chi connectivity index (χ4n) is 2.15. The van der Waals surface area contributed by atoms with Gasteiger partial charge in [0.2, 0.25) is 10.0 Å². The summed E-state index contributed by atoms with van der Waals surface area (Å²) < 4.78 is 27.3. The van der Waals surface area contributed by atoms with Crippen molar-refractivity contribution in [2.75, 3.05) is 18.1 Å². The molecule has 2 heterocycles. The molecule has 0 radical (unpaired) electrons. The maximum Gasteiger partial charge on any atom is 0.241 e. The van der Waals surface area contributed by atoms with Gasteiger partial charge in [-0.3, -0.25) is 0 Å². The zero-order valence-corrected chi connectivity index (χ0v) is 13.5. The van der Waals surface area contributed by atoms with E-state index in [0.717, 1.165) is 34.1 Å². The fraction of sp³-hybridized carbons (Fsp3) is 0.667. The van der Waals surface area contributed by atoms with E-state index in [-0.39, 0.29) is 0 Å². The molecule has 0 amide bonds. The van der Waals surface area contributed by atoms with Crippen LogP contribution in [-0.2, 0) is 16.6 Å². The molecule has 0 bridgehead atoms. The molecule has 1 aliphatic rings. The van der Waals surface area contributed by atoms with Crippen LogP contribution in [0.1, 0.15) is 22.6 Å². The highest BCUT2D eigenvalue weighted by molar-refractivity contribution is 7.99. The van der Waals surface area contributed by atoms with Gasteiger partial charge in [0.15, 0.2) is 0 Å². The fourth-order valence-corrected chi connectivity index (χ4v) is 5.98. The molecule has 1 saturated heterocycles. The van der Waals surface area contributed by atoms with E-state index in [9.17, 15) is 8.42 Å². The largest absolute Gasteiger partial charge is 0.326 e. The molecule has 2 rings (SSSR count). The van der Waals surface area contributed by atoms with E-state index >= 15 is 0 Å². The lowest BCUT2D eigenvalue weighted by Gasteiger charge is -2.21. The van der Waals surface area contributed by atoms with Crippen molar-refractivity contribution >= 4 is 33.1 Å². The van der Waals surface area contributed by atoms with E-state index in [2.05, 4.69) is 4.72 Å². The summed E-state index contributed by atoms with van der Waals surface area (Å²) in [5.74, 6) is 2.76. The molecule has 1 fully saturated rings. The van der Waals surface area contributed by atoms with Gasteiger partial charge in [-0.1, -0.05) is 0 Å². The van der Waals surface area contributed by atoms with Gasteiger partial charge in [0.25, 0.3) is 0 Å². The summed E-state index contributed by atoms with van der Waals surface area (Å²) in [4.78, 5) is 2.11. The summed E-state index contributed by atoms with van der Waals surface area (Å²) in [7, 11) is -3.38. The van der Waals surface area contributed by atoms with Gasteiger partial charge >= 0.3 is 0 Å². The molecule has 7 heteroatoms. The van der Waals surface area contributed by atoms with Gasteiger partial charge in [-0.15, -0.1) is 11.3 Å². The SMILES string of the molecule is Cc1sc(CN)cc1S(=O)(=O)NCC1CCSCC1. The van der Waals surface area contributed by atoms with E-state index < -0.39 is 10.0 Å². The van der Waals surface area contributed by atoms with E-state index in [4.69, 9.17) is 5.73 Å². The number of thioether (sulfide) groups is 1. The normalized spacial score (nSPS) is 17.8. The molecule has 3 N–H and O–H groups in total. The lowest BCUT2D eigenvalue weighted by atomic mass is 10.0. The lowest BCUT2D eigenvalue weighted by molar-refractivity contribution is 0.476. The summed E-state index contributed by atoms with van der Waals surface area (Å²) in [6.07, 6.45) is 2.20. The first-order chi connectivity index (χ1) is 9.03. The van der Waals surface area contributed by atoms with Crippen molar-refractivity contribution in [1.82, 2.24) is 4.72 Å². The molecule has 0 aromatic carbocycles. The van der Waals surface area contributed by atoms with Crippen LogP contribution in [0.15, 0.2) is 11.0 Å². The minimum atomic E-state index is -3.38. The van der Waals surface area contributed by atoms with Crippen LogP contribution >= 0.6 is 23.1 Å². The van der Waals surface area contributed by atoms with E-state index in [1.165, 1.54) is 11.3 Å². The van der Waals surface area contributed by atoms with Crippen LogP contribution in [0.2, 0.25) is 0 Å². The number of hydrogen-bond donors (Lipinski definition) is 2. The summed E-state index contributed by atoms with van der Waals surface area (Å²) in [6.45, 7) is 2.77. The molecule has 108 valence electrons. The molecular formula is C12H20N2O2S3. The average Bonchev–Trinajstić information content (AvgIpc) is 2.80. The molecule has 0 aliphatic carbocycles.